The molecule has 4 rings (SSSR count). The number of pyridine rings is 1. The van der Waals surface area contributed by atoms with Gasteiger partial charge in [0.1, 0.15) is 0 Å². The van der Waals surface area contributed by atoms with E-state index in [1.165, 1.54) is 16.6 Å². The number of aliphatic hydroxyl groups is 1. The number of aromatic nitrogens is 1. The van der Waals surface area contributed by atoms with Crippen LogP contribution in [0.2, 0.25) is 0 Å². The van der Waals surface area contributed by atoms with Crippen molar-refractivity contribution < 1.29 is 5.11 Å². The number of rotatable bonds is 4. The van der Waals surface area contributed by atoms with E-state index in [1.807, 2.05) is 18.3 Å². The molecule has 0 bridgehead atoms. The topological polar surface area (TPSA) is 39.6 Å². The molecule has 0 amide bonds. The van der Waals surface area contributed by atoms with E-state index < -0.39 is 0 Å². The van der Waals surface area contributed by atoms with Gasteiger partial charge in [-0.1, -0.05) is 40.2 Å². The number of hydrogen-bond acceptors (Lipinski definition) is 4. The highest BCUT2D eigenvalue weighted by Crippen LogP contribution is 2.25. The maximum atomic E-state index is 9.31. The van der Waals surface area contributed by atoms with Crippen molar-refractivity contribution in [2.24, 2.45) is 0 Å². The van der Waals surface area contributed by atoms with Crippen LogP contribution in [0.3, 0.4) is 0 Å². The Morgan fingerprint density at radius 3 is 2.58 bits per heavy atom. The normalized spacial score (nSPS) is 15.5. The highest BCUT2D eigenvalue weighted by Gasteiger charge is 2.18. The van der Waals surface area contributed by atoms with Gasteiger partial charge in [-0.25, -0.2) is 0 Å². The SMILES string of the molecule is OCc1ccc(N2CCN(Cc3cnc4ccccc4c3)CC2)cc1Br. The van der Waals surface area contributed by atoms with Crippen LogP contribution in [0.25, 0.3) is 10.9 Å². The zero-order valence-corrected chi connectivity index (χ0v) is 16.2. The van der Waals surface area contributed by atoms with E-state index in [0.29, 0.717) is 0 Å². The van der Waals surface area contributed by atoms with Crippen LogP contribution in [0.4, 0.5) is 5.69 Å². The summed E-state index contributed by atoms with van der Waals surface area (Å²) in [7, 11) is 0. The van der Waals surface area contributed by atoms with Crippen molar-refractivity contribution in [3.8, 4) is 0 Å². The zero-order valence-electron chi connectivity index (χ0n) is 14.6. The van der Waals surface area contributed by atoms with Crippen molar-refractivity contribution in [1.29, 1.82) is 0 Å². The third-order valence-corrected chi connectivity index (χ3v) is 5.74. The van der Waals surface area contributed by atoms with Gasteiger partial charge in [0, 0.05) is 54.5 Å². The number of para-hydroxylation sites is 1. The second kappa shape index (κ2) is 7.74. The fourth-order valence-electron chi connectivity index (χ4n) is 3.49. The largest absolute Gasteiger partial charge is 0.392 e. The highest BCUT2D eigenvalue weighted by atomic mass is 79.9. The number of anilines is 1. The first-order valence-corrected chi connectivity index (χ1v) is 9.72. The van der Waals surface area contributed by atoms with Crippen molar-refractivity contribution in [3.63, 3.8) is 0 Å². The molecule has 1 fully saturated rings. The van der Waals surface area contributed by atoms with Crippen LogP contribution in [0.15, 0.2) is 59.2 Å². The summed E-state index contributed by atoms with van der Waals surface area (Å²) in [5.41, 5.74) is 4.46. The maximum Gasteiger partial charge on any atom is 0.0702 e. The Labute approximate surface area is 162 Å². The quantitative estimate of drug-likeness (QED) is 0.708. The number of nitrogens with zero attached hydrogens (tertiary/aromatic N) is 3. The number of hydrogen-bond donors (Lipinski definition) is 1. The van der Waals surface area contributed by atoms with Gasteiger partial charge in [-0.15, -0.1) is 0 Å². The summed E-state index contributed by atoms with van der Waals surface area (Å²) in [6, 6.07) is 16.7. The molecular formula is C21H22BrN3O. The van der Waals surface area contributed by atoms with Crippen LogP contribution in [0.1, 0.15) is 11.1 Å². The van der Waals surface area contributed by atoms with E-state index in [-0.39, 0.29) is 6.61 Å². The minimum atomic E-state index is 0.0639. The summed E-state index contributed by atoms with van der Waals surface area (Å²) in [5.74, 6) is 0. The van der Waals surface area contributed by atoms with Crippen LogP contribution in [0.5, 0.6) is 0 Å². The van der Waals surface area contributed by atoms with Crippen LogP contribution in [-0.4, -0.2) is 41.2 Å². The van der Waals surface area contributed by atoms with Gasteiger partial charge in [0.2, 0.25) is 0 Å². The molecule has 0 saturated carbocycles. The fraction of sp³-hybridized carbons (Fsp3) is 0.286. The van der Waals surface area contributed by atoms with Crippen LogP contribution in [0, 0.1) is 0 Å². The summed E-state index contributed by atoms with van der Waals surface area (Å²) < 4.78 is 0.974. The standard InChI is InChI=1S/C21H22BrN3O/c22-20-12-19(6-5-18(20)15-26)25-9-7-24(8-10-25)14-16-11-17-3-1-2-4-21(17)23-13-16/h1-6,11-13,26H,7-10,14-15H2. The fourth-order valence-corrected chi connectivity index (χ4v) is 3.98. The van der Waals surface area contributed by atoms with E-state index >= 15 is 0 Å². The smallest absolute Gasteiger partial charge is 0.0702 e. The summed E-state index contributed by atoms with van der Waals surface area (Å²) >= 11 is 3.55. The van der Waals surface area contributed by atoms with Crippen molar-refractivity contribution in [2.75, 3.05) is 31.1 Å². The number of piperazine rings is 1. The molecule has 3 aromatic rings. The molecule has 1 aromatic heterocycles. The Bertz CT molecular complexity index is 907. The molecule has 1 saturated heterocycles. The molecule has 5 heteroatoms. The third kappa shape index (κ3) is 3.75. The van der Waals surface area contributed by atoms with Gasteiger partial charge in [0.05, 0.1) is 12.1 Å². The van der Waals surface area contributed by atoms with Gasteiger partial charge < -0.3 is 10.0 Å². The van der Waals surface area contributed by atoms with Crippen LogP contribution < -0.4 is 4.90 Å². The Morgan fingerprint density at radius 1 is 1.00 bits per heavy atom. The molecule has 4 nitrogen and oxygen atoms in total. The number of benzene rings is 2. The summed E-state index contributed by atoms with van der Waals surface area (Å²) in [4.78, 5) is 9.46. The highest BCUT2D eigenvalue weighted by molar-refractivity contribution is 9.10. The second-order valence-electron chi connectivity index (χ2n) is 6.73. The molecule has 26 heavy (non-hydrogen) atoms. The predicted molar refractivity (Wildman–Crippen MR) is 109 cm³/mol. The molecule has 0 radical (unpaired) electrons. The van der Waals surface area contributed by atoms with Crippen molar-refractivity contribution in [2.45, 2.75) is 13.2 Å². The van der Waals surface area contributed by atoms with E-state index in [0.717, 1.165) is 48.3 Å². The maximum absolute atomic E-state index is 9.31. The van der Waals surface area contributed by atoms with Crippen molar-refractivity contribution in [3.05, 3.63) is 70.3 Å². The molecule has 1 aliphatic heterocycles. The van der Waals surface area contributed by atoms with Crippen LogP contribution >= 0.6 is 15.9 Å². The lowest BCUT2D eigenvalue weighted by Gasteiger charge is -2.36. The number of fused-ring (bicyclic) bond motifs is 1. The van der Waals surface area contributed by atoms with Gasteiger partial charge in [0.15, 0.2) is 0 Å². The lowest BCUT2D eigenvalue weighted by atomic mass is 10.1. The Morgan fingerprint density at radius 2 is 1.81 bits per heavy atom. The first-order valence-electron chi connectivity index (χ1n) is 8.93. The first kappa shape index (κ1) is 17.5. The molecule has 0 spiro atoms. The summed E-state index contributed by atoms with van der Waals surface area (Å²) in [5, 5.41) is 10.5. The Kier molecular flexibility index (Phi) is 5.20. The van der Waals surface area contributed by atoms with Gasteiger partial charge in [-0.05, 0) is 35.4 Å². The number of aliphatic hydroxyl groups excluding tert-OH is 1. The van der Waals surface area contributed by atoms with Gasteiger partial charge in [0.25, 0.3) is 0 Å². The zero-order chi connectivity index (χ0) is 17.9. The van der Waals surface area contributed by atoms with Gasteiger partial charge in [-0.3, -0.25) is 9.88 Å². The minimum Gasteiger partial charge on any atom is -0.392 e. The van der Waals surface area contributed by atoms with E-state index in [2.05, 4.69) is 67.1 Å². The first-order chi connectivity index (χ1) is 12.7. The molecule has 2 aromatic carbocycles. The predicted octanol–water partition coefficient (Wildman–Crippen LogP) is 3.81. The molecule has 1 N–H and O–H groups in total. The lowest BCUT2D eigenvalue weighted by Crippen LogP contribution is -2.46. The van der Waals surface area contributed by atoms with E-state index in [9.17, 15) is 5.11 Å². The summed E-state index contributed by atoms with van der Waals surface area (Å²) in [6.45, 7) is 5.09. The second-order valence-corrected chi connectivity index (χ2v) is 7.59. The molecular weight excluding hydrogens is 390 g/mol. The summed E-state index contributed by atoms with van der Waals surface area (Å²) in [6.07, 6.45) is 2.00. The van der Waals surface area contributed by atoms with Crippen LogP contribution in [-0.2, 0) is 13.2 Å². The monoisotopic (exact) mass is 411 g/mol. The van der Waals surface area contributed by atoms with Crippen molar-refractivity contribution >= 4 is 32.5 Å². The molecule has 1 aliphatic rings. The molecule has 134 valence electrons. The molecule has 0 aliphatic carbocycles. The average Bonchev–Trinajstić information content (AvgIpc) is 2.68. The number of halogens is 1. The molecule has 0 atom stereocenters. The third-order valence-electron chi connectivity index (χ3n) is 5.00. The lowest BCUT2D eigenvalue weighted by molar-refractivity contribution is 0.249. The molecule has 0 unspecified atom stereocenters. The van der Waals surface area contributed by atoms with E-state index in [1.54, 1.807) is 0 Å². The minimum absolute atomic E-state index is 0.0639. The van der Waals surface area contributed by atoms with Gasteiger partial charge in [-0.2, -0.15) is 0 Å². The Hall–Kier alpha value is -1.95. The molecule has 2 heterocycles. The van der Waals surface area contributed by atoms with Crippen molar-refractivity contribution in [1.82, 2.24) is 9.88 Å². The van der Waals surface area contributed by atoms with Gasteiger partial charge >= 0.3 is 0 Å². The van der Waals surface area contributed by atoms with E-state index in [4.69, 9.17) is 0 Å². The average molecular weight is 412 g/mol. The Balaban J connectivity index is 1.39.